The molecule has 0 bridgehead atoms. The van der Waals surface area contributed by atoms with Gasteiger partial charge in [0.25, 0.3) is 5.91 Å². The summed E-state index contributed by atoms with van der Waals surface area (Å²) >= 11 is 1.54. The molecule has 0 saturated carbocycles. The minimum atomic E-state index is -0.210. The average molecular weight is 405 g/mol. The Hall–Kier alpha value is -3.05. The van der Waals surface area contributed by atoms with Crippen molar-refractivity contribution >= 4 is 29.3 Å². The predicted octanol–water partition coefficient (Wildman–Crippen LogP) is 4.80. The number of para-hydroxylation sites is 1. The Balaban J connectivity index is 1.54. The van der Waals surface area contributed by atoms with E-state index in [1.54, 1.807) is 30.0 Å². The maximum Gasteiger partial charge on any atom is 0.253 e. The number of benzene rings is 3. The number of hydrogen-bond donors (Lipinski definition) is 2. The second-order valence-electron chi connectivity index (χ2n) is 6.74. The van der Waals surface area contributed by atoms with Gasteiger partial charge in [0.1, 0.15) is 0 Å². The Morgan fingerprint density at radius 2 is 1.52 bits per heavy atom. The molecule has 0 aromatic heterocycles. The number of hydrogen-bond acceptors (Lipinski definition) is 3. The second kappa shape index (κ2) is 10.5. The van der Waals surface area contributed by atoms with Gasteiger partial charge >= 0.3 is 0 Å². The van der Waals surface area contributed by atoms with E-state index in [9.17, 15) is 9.59 Å². The molecule has 2 amide bonds. The van der Waals surface area contributed by atoms with Crippen molar-refractivity contribution in [2.24, 2.45) is 0 Å². The van der Waals surface area contributed by atoms with Crippen LogP contribution in [0.15, 0.2) is 78.9 Å². The molecule has 3 aromatic carbocycles. The summed E-state index contributed by atoms with van der Waals surface area (Å²) in [5.74, 6) is 0.768. The van der Waals surface area contributed by atoms with Gasteiger partial charge in [-0.2, -0.15) is 0 Å². The zero-order valence-corrected chi connectivity index (χ0v) is 17.2. The van der Waals surface area contributed by atoms with Crippen molar-refractivity contribution in [1.82, 2.24) is 5.32 Å². The maximum absolute atomic E-state index is 12.6. The molecule has 3 aromatic rings. The molecule has 4 nitrogen and oxygen atoms in total. The number of thioether (sulfide) groups is 1. The van der Waals surface area contributed by atoms with Crippen molar-refractivity contribution in [3.63, 3.8) is 0 Å². The third-order valence-corrected chi connectivity index (χ3v) is 5.37. The van der Waals surface area contributed by atoms with Gasteiger partial charge in [0.15, 0.2) is 0 Å². The van der Waals surface area contributed by atoms with Crippen LogP contribution in [0.4, 0.5) is 5.69 Å². The van der Waals surface area contributed by atoms with Crippen LogP contribution in [0.5, 0.6) is 0 Å². The molecule has 0 heterocycles. The molecule has 0 radical (unpaired) electrons. The molecule has 0 aliphatic rings. The molecule has 2 N–H and O–H groups in total. The van der Waals surface area contributed by atoms with Gasteiger partial charge < -0.3 is 10.6 Å². The van der Waals surface area contributed by atoms with Crippen molar-refractivity contribution in [2.75, 3.05) is 11.1 Å². The lowest BCUT2D eigenvalue weighted by Crippen LogP contribution is -2.25. The minimum Gasteiger partial charge on any atom is -0.348 e. The van der Waals surface area contributed by atoms with Gasteiger partial charge in [-0.05, 0) is 30.2 Å². The normalized spacial score (nSPS) is 10.4. The summed E-state index contributed by atoms with van der Waals surface area (Å²) in [6, 6.07) is 25.1. The van der Waals surface area contributed by atoms with E-state index in [-0.39, 0.29) is 11.8 Å². The van der Waals surface area contributed by atoms with Crippen LogP contribution in [0, 0.1) is 6.92 Å². The Kier molecular flexibility index (Phi) is 7.47. The van der Waals surface area contributed by atoms with Crippen molar-refractivity contribution in [3.05, 3.63) is 101 Å². The molecule has 148 valence electrons. The lowest BCUT2D eigenvalue weighted by Gasteiger charge is -2.12. The highest BCUT2D eigenvalue weighted by atomic mass is 32.2. The van der Waals surface area contributed by atoms with Gasteiger partial charge in [-0.3, -0.25) is 9.59 Å². The summed E-state index contributed by atoms with van der Waals surface area (Å²) in [5.41, 5.74) is 4.38. The molecule has 5 heteroatoms. The maximum atomic E-state index is 12.6. The minimum absolute atomic E-state index is 0.121. The first-order valence-corrected chi connectivity index (χ1v) is 10.6. The fourth-order valence-electron chi connectivity index (χ4n) is 2.80. The van der Waals surface area contributed by atoms with E-state index in [4.69, 9.17) is 0 Å². The average Bonchev–Trinajstić information content (AvgIpc) is 2.74. The van der Waals surface area contributed by atoms with Crippen LogP contribution in [0.3, 0.4) is 0 Å². The van der Waals surface area contributed by atoms with E-state index in [1.807, 2.05) is 67.6 Å². The standard InChI is InChI=1S/C24H24N2O2S/c1-18-11-13-19(14-12-18)15-25-24(28)21-9-5-6-10-22(21)26-23(27)17-29-16-20-7-3-2-4-8-20/h2-14H,15-17H2,1H3,(H,25,28)(H,26,27). The Bertz CT molecular complexity index is 956. The summed E-state index contributed by atoms with van der Waals surface area (Å²) in [5, 5.41) is 5.78. The zero-order valence-electron chi connectivity index (χ0n) is 16.4. The van der Waals surface area contributed by atoms with Gasteiger partial charge in [0.05, 0.1) is 17.0 Å². The van der Waals surface area contributed by atoms with Gasteiger partial charge in [-0.15, -0.1) is 11.8 Å². The van der Waals surface area contributed by atoms with Crippen LogP contribution >= 0.6 is 11.8 Å². The number of rotatable bonds is 8. The molecule has 0 aliphatic carbocycles. The van der Waals surface area contributed by atoms with Gasteiger partial charge in [-0.25, -0.2) is 0 Å². The SMILES string of the molecule is Cc1ccc(CNC(=O)c2ccccc2NC(=O)CSCc2ccccc2)cc1. The molecule has 0 spiro atoms. The first-order valence-electron chi connectivity index (χ1n) is 9.46. The topological polar surface area (TPSA) is 58.2 Å². The van der Waals surface area contributed by atoms with Crippen LogP contribution in [-0.4, -0.2) is 17.6 Å². The number of carbonyl (C=O) groups is 2. The molecular weight excluding hydrogens is 380 g/mol. The van der Waals surface area contributed by atoms with Crippen LogP contribution < -0.4 is 10.6 Å². The summed E-state index contributed by atoms with van der Waals surface area (Å²) in [4.78, 5) is 24.9. The number of nitrogens with one attached hydrogen (secondary N) is 2. The van der Waals surface area contributed by atoms with Gasteiger partial charge in [-0.1, -0.05) is 72.3 Å². The van der Waals surface area contributed by atoms with E-state index in [1.165, 1.54) is 11.1 Å². The lowest BCUT2D eigenvalue weighted by atomic mass is 10.1. The summed E-state index contributed by atoms with van der Waals surface area (Å²) < 4.78 is 0. The largest absolute Gasteiger partial charge is 0.348 e. The first kappa shape index (κ1) is 20.7. The first-order chi connectivity index (χ1) is 14.1. The molecule has 0 atom stereocenters. The van der Waals surface area contributed by atoms with Crippen molar-refractivity contribution in [3.8, 4) is 0 Å². The van der Waals surface area contributed by atoms with Crippen LogP contribution in [0.2, 0.25) is 0 Å². The second-order valence-corrected chi connectivity index (χ2v) is 7.73. The van der Waals surface area contributed by atoms with E-state index in [0.29, 0.717) is 23.5 Å². The number of aryl methyl sites for hydroxylation is 1. The summed E-state index contributed by atoms with van der Waals surface area (Å²) in [6.07, 6.45) is 0. The summed E-state index contributed by atoms with van der Waals surface area (Å²) in [6.45, 7) is 2.47. The molecule has 29 heavy (non-hydrogen) atoms. The fraction of sp³-hybridized carbons (Fsp3) is 0.167. The fourth-order valence-corrected chi connectivity index (χ4v) is 3.58. The number of carbonyl (C=O) groups excluding carboxylic acids is 2. The smallest absolute Gasteiger partial charge is 0.253 e. The van der Waals surface area contributed by atoms with Crippen molar-refractivity contribution in [2.45, 2.75) is 19.2 Å². The highest BCUT2D eigenvalue weighted by Gasteiger charge is 2.13. The van der Waals surface area contributed by atoms with E-state index < -0.39 is 0 Å². The molecular formula is C24H24N2O2S. The molecule has 0 aliphatic heterocycles. The van der Waals surface area contributed by atoms with E-state index >= 15 is 0 Å². The Morgan fingerprint density at radius 1 is 0.828 bits per heavy atom. The monoisotopic (exact) mass is 404 g/mol. The van der Waals surface area contributed by atoms with Gasteiger partial charge in [0.2, 0.25) is 5.91 Å². The molecule has 0 saturated heterocycles. The number of anilines is 1. The molecule has 0 fully saturated rings. The molecule has 0 unspecified atom stereocenters. The third-order valence-electron chi connectivity index (χ3n) is 4.36. The highest BCUT2D eigenvalue weighted by Crippen LogP contribution is 2.17. The van der Waals surface area contributed by atoms with Crippen molar-refractivity contribution in [1.29, 1.82) is 0 Å². The van der Waals surface area contributed by atoms with E-state index in [2.05, 4.69) is 10.6 Å². The Morgan fingerprint density at radius 3 is 2.28 bits per heavy atom. The highest BCUT2D eigenvalue weighted by molar-refractivity contribution is 7.99. The van der Waals surface area contributed by atoms with Gasteiger partial charge in [0, 0.05) is 12.3 Å². The lowest BCUT2D eigenvalue weighted by molar-refractivity contribution is -0.113. The summed E-state index contributed by atoms with van der Waals surface area (Å²) in [7, 11) is 0. The predicted molar refractivity (Wildman–Crippen MR) is 120 cm³/mol. The van der Waals surface area contributed by atoms with Crippen molar-refractivity contribution < 1.29 is 9.59 Å². The van der Waals surface area contributed by atoms with Crippen LogP contribution in [-0.2, 0) is 17.1 Å². The zero-order chi connectivity index (χ0) is 20.5. The van der Waals surface area contributed by atoms with Crippen LogP contribution in [0.25, 0.3) is 0 Å². The quantitative estimate of drug-likeness (QED) is 0.567. The third kappa shape index (κ3) is 6.50. The molecule has 3 rings (SSSR count). The van der Waals surface area contributed by atoms with E-state index in [0.717, 1.165) is 11.3 Å². The number of amides is 2. The van der Waals surface area contributed by atoms with Crippen LogP contribution in [0.1, 0.15) is 27.0 Å². The Labute approximate surface area is 175 Å².